The first-order valence-corrected chi connectivity index (χ1v) is 5.04. The highest BCUT2D eigenvalue weighted by molar-refractivity contribution is 5.55. The van der Waals surface area contributed by atoms with E-state index in [2.05, 4.69) is 6.92 Å². The minimum atomic E-state index is -0.348. The molecule has 0 spiro atoms. The maximum absolute atomic E-state index is 11.5. The summed E-state index contributed by atoms with van der Waals surface area (Å²) in [7, 11) is 1.55. The number of unbranched alkanes of at least 4 members (excludes halogenated alkanes) is 1. The van der Waals surface area contributed by atoms with Crippen molar-refractivity contribution in [3.8, 4) is 5.75 Å². The van der Waals surface area contributed by atoms with Crippen LogP contribution in [-0.2, 0) is 0 Å². The lowest BCUT2D eigenvalue weighted by molar-refractivity contribution is 0.395. The Hall–Kier alpha value is -1.51. The summed E-state index contributed by atoms with van der Waals surface area (Å²) in [5.41, 5.74) is 0.135. The Kier molecular flexibility index (Phi) is 4.16. The van der Waals surface area contributed by atoms with Crippen molar-refractivity contribution >= 4 is 6.08 Å². The zero-order valence-electron chi connectivity index (χ0n) is 9.37. The molecule has 0 saturated heterocycles. The monoisotopic (exact) mass is 208 g/mol. The third-order valence-corrected chi connectivity index (χ3v) is 2.03. The molecule has 0 aliphatic heterocycles. The van der Waals surface area contributed by atoms with Crippen LogP contribution in [0.15, 0.2) is 21.4 Å². The molecule has 82 valence electrons. The van der Waals surface area contributed by atoms with Gasteiger partial charge in [0.2, 0.25) is 0 Å². The Morgan fingerprint density at radius 1 is 1.53 bits per heavy atom. The van der Waals surface area contributed by atoms with Crippen molar-refractivity contribution in [1.82, 2.24) is 0 Å². The molecular formula is C12H16O3. The summed E-state index contributed by atoms with van der Waals surface area (Å²) in [4.78, 5) is 11.5. The normalized spacial score (nSPS) is 10.9. The molecule has 0 radical (unpaired) electrons. The first kappa shape index (κ1) is 11.6. The molecule has 0 amide bonds. The van der Waals surface area contributed by atoms with Crippen LogP contribution in [0.1, 0.15) is 31.1 Å². The summed E-state index contributed by atoms with van der Waals surface area (Å²) in [6.45, 7) is 3.81. The lowest BCUT2D eigenvalue weighted by Gasteiger charge is -2.03. The molecule has 0 unspecified atom stereocenters. The third kappa shape index (κ3) is 2.98. The highest BCUT2D eigenvalue weighted by Crippen LogP contribution is 2.17. The number of hydrogen-bond donors (Lipinski definition) is 0. The van der Waals surface area contributed by atoms with Gasteiger partial charge in [0, 0.05) is 6.07 Å². The lowest BCUT2D eigenvalue weighted by atomic mass is 10.2. The molecule has 1 aromatic heterocycles. The van der Waals surface area contributed by atoms with Gasteiger partial charge in [-0.25, -0.2) is 4.79 Å². The SMILES string of the molecule is CCC/C=C/c1c(OC)cc(C)oc1=O. The quantitative estimate of drug-likeness (QED) is 0.763. The number of allylic oxidation sites excluding steroid dienone is 1. The molecule has 0 saturated carbocycles. The second kappa shape index (κ2) is 5.39. The van der Waals surface area contributed by atoms with Gasteiger partial charge in [0.1, 0.15) is 17.1 Å². The largest absolute Gasteiger partial charge is 0.496 e. The summed E-state index contributed by atoms with van der Waals surface area (Å²) >= 11 is 0. The van der Waals surface area contributed by atoms with Crippen molar-refractivity contribution in [2.75, 3.05) is 7.11 Å². The topological polar surface area (TPSA) is 39.4 Å². The highest BCUT2D eigenvalue weighted by atomic mass is 16.5. The summed E-state index contributed by atoms with van der Waals surface area (Å²) < 4.78 is 10.1. The van der Waals surface area contributed by atoms with Crippen LogP contribution in [-0.4, -0.2) is 7.11 Å². The first-order chi connectivity index (χ1) is 7.19. The van der Waals surface area contributed by atoms with Crippen molar-refractivity contribution < 1.29 is 9.15 Å². The van der Waals surface area contributed by atoms with E-state index >= 15 is 0 Å². The van der Waals surface area contributed by atoms with E-state index in [0.717, 1.165) is 12.8 Å². The van der Waals surface area contributed by atoms with Gasteiger partial charge in [0.05, 0.1) is 7.11 Å². The Labute approximate surface area is 89.4 Å². The molecule has 0 aliphatic rings. The molecule has 3 heteroatoms. The van der Waals surface area contributed by atoms with E-state index in [0.29, 0.717) is 17.1 Å². The molecule has 0 fully saturated rings. The van der Waals surface area contributed by atoms with Crippen molar-refractivity contribution in [1.29, 1.82) is 0 Å². The number of hydrogen-bond acceptors (Lipinski definition) is 3. The van der Waals surface area contributed by atoms with Crippen LogP contribution in [0.2, 0.25) is 0 Å². The van der Waals surface area contributed by atoms with E-state index in [1.165, 1.54) is 0 Å². The molecule has 0 N–H and O–H groups in total. The van der Waals surface area contributed by atoms with Gasteiger partial charge in [0.25, 0.3) is 0 Å². The molecule has 0 aliphatic carbocycles. The Morgan fingerprint density at radius 2 is 2.27 bits per heavy atom. The van der Waals surface area contributed by atoms with Crippen molar-refractivity contribution in [3.63, 3.8) is 0 Å². The van der Waals surface area contributed by atoms with Crippen molar-refractivity contribution in [2.24, 2.45) is 0 Å². The smallest absolute Gasteiger partial charge is 0.346 e. The predicted octanol–water partition coefficient (Wildman–Crippen LogP) is 2.77. The molecular weight excluding hydrogens is 192 g/mol. The van der Waals surface area contributed by atoms with Crippen LogP contribution >= 0.6 is 0 Å². The van der Waals surface area contributed by atoms with E-state index in [4.69, 9.17) is 9.15 Å². The van der Waals surface area contributed by atoms with Crippen molar-refractivity contribution in [3.05, 3.63) is 33.9 Å². The second-order valence-corrected chi connectivity index (χ2v) is 3.32. The fraction of sp³-hybridized carbons (Fsp3) is 0.417. The van der Waals surface area contributed by atoms with Gasteiger partial charge in [-0.1, -0.05) is 19.4 Å². The summed E-state index contributed by atoms with van der Waals surface area (Å²) in [6, 6.07) is 1.72. The molecule has 15 heavy (non-hydrogen) atoms. The number of rotatable bonds is 4. The maximum atomic E-state index is 11.5. The van der Waals surface area contributed by atoms with E-state index in [9.17, 15) is 4.79 Å². The summed E-state index contributed by atoms with van der Waals surface area (Å²) in [5, 5.41) is 0. The molecule has 0 bridgehead atoms. The molecule has 1 rings (SSSR count). The Balaban J connectivity index is 3.10. The average molecular weight is 208 g/mol. The zero-order chi connectivity index (χ0) is 11.3. The third-order valence-electron chi connectivity index (χ3n) is 2.03. The zero-order valence-corrected chi connectivity index (χ0v) is 9.37. The van der Waals surface area contributed by atoms with E-state index in [1.54, 1.807) is 26.2 Å². The van der Waals surface area contributed by atoms with E-state index in [-0.39, 0.29) is 5.63 Å². The van der Waals surface area contributed by atoms with Crippen molar-refractivity contribution in [2.45, 2.75) is 26.7 Å². The van der Waals surface area contributed by atoms with E-state index in [1.807, 2.05) is 6.08 Å². The predicted molar refractivity (Wildman–Crippen MR) is 60.2 cm³/mol. The first-order valence-electron chi connectivity index (χ1n) is 5.04. The van der Waals surface area contributed by atoms with Crippen LogP contribution in [0.5, 0.6) is 5.75 Å². The van der Waals surface area contributed by atoms with Crippen LogP contribution in [0.3, 0.4) is 0 Å². The molecule has 0 atom stereocenters. The molecule has 1 aromatic rings. The minimum Gasteiger partial charge on any atom is -0.496 e. The Bertz CT molecular complexity index is 402. The second-order valence-electron chi connectivity index (χ2n) is 3.32. The van der Waals surface area contributed by atoms with E-state index < -0.39 is 0 Å². The number of aryl methyl sites for hydroxylation is 1. The van der Waals surface area contributed by atoms with Crippen LogP contribution in [0.4, 0.5) is 0 Å². The summed E-state index contributed by atoms with van der Waals surface area (Å²) in [5.74, 6) is 1.13. The standard InChI is InChI=1S/C12H16O3/c1-4-5-6-7-10-11(14-3)8-9(2)15-12(10)13/h6-8H,4-5H2,1-3H3/b7-6+. The summed E-state index contributed by atoms with van der Waals surface area (Å²) in [6.07, 6.45) is 5.70. The Morgan fingerprint density at radius 3 is 2.87 bits per heavy atom. The number of methoxy groups -OCH3 is 1. The van der Waals surface area contributed by atoms with Gasteiger partial charge in [-0.15, -0.1) is 0 Å². The molecule has 1 heterocycles. The van der Waals surface area contributed by atoms with Gasteiger partial charge < -0.3 is 9.15 Å². The molecule has 3 nitrogen and oxygen atoms in total. The maximum Gasteiger partial charge on any atom is 0.346 e. The highest BCUT2D eigenvalue weighted by Gasteiger charge is 2.07. The van der Waals surface area contributed by atoms with Gasteiger partial charge in [-0.2, -0.15) is 0 Å². The molecule has 0 aromatic carbocycles. The van der Waals surface area contributed by atoms with Gasteiger partial charge in [-0.05, 0) is 19.4 Å². The van der Waals surface area contributed by atoms with Gasteiger partial charge in [0.15, 0.2) is 0 Å². The minimum absolute atomic E-state index is 0.348. The fourth-order valence-electron chi connectivity index (χ4n) is 1.28. The lowest BCUT2D eigenvalue weighted by Crippen LogP contribution is -2.06. The average Bonchev–Trinajstić information content (AvgIpc) is 2.20. The van der Waals surface area contributed by atoms with Gasteiger partial charge >= 0.3 is 5.63 Å². The fourth-order valence-corrected chi connectivity index (χ4v) is 1.28. The van der Waals surface area contributed by atoms with Gasteiger partial charge in [-0.3, -0.25) is 0 Å². The van der Waals surface area contributed by atoms with Crippen LogP contribution in [0, 0.1) is 6.92 Å². The van der Waals surface area contributed by atoms with Crippen LogP contribution in [0.25, 0.3) is 6.08 Å². The van der Waals surface area contributed by atoms with Crippen LogP contribution < -0.4 is 10.4 Å². The number of ether oxygens (including phenoxy) is 1.